The van der Waals surface area contributed by atoms with Gasteiger partial charge in [0.2, 0.25) is 0 Å². The molecule has 2 N–H and O–H groups in total. The van der Waals surface area contributed by atoms with Crippen LogP contribution in [-0.2, 0) is 19.5 Å². The molecule has 0 aliphatic heterocycles. The molecule has 0 saturated carbocycles. The minimum Gasteiger partial charge on any atom is -0.324 e. The molecule has 0 unspecified atom stereocenters. The first-order valence-electron chi connectivity index (χ1n) is 5.71. The summed E-state index contributed by atoms with van der Waals surface area (Å²) in [5.41, 5.74) is 5.52. The van der Waals surface area contributed by atoms with Gasteiger partial charge in [-0.2, -0.15) is 0 Å². The fourth-order valence-corrected chi connectivity index (χ4v) is 1.88. The molecule has 0 amide bonds. The van der Waals surface area contributed by atoms with E-state index in [-0.39, 0.29) is 18.5 Å². The maximum absolute atomic E-state index is 13.5. The van der Waals surface area contributed by atoms with Crippen LogP contribution in [0.15, 0.2) is 18.2 Å². The maximum Gasteiger partial charge on any atom is 0.146 e. The molecule has 96 valence electrons. The van der Waals surface area contributed by atoms with Crippen molar-refractivity contribution in [3.8, 4) is 0 Å². The largest absolute Gasteiger partial charge is 0.324 e. The molecule has 0 aliphatic carbocycles. The molecule has 0 bridgehead atoms. The first-order chi connectivity index (χ1) is 8.67. The van der Waals surface area contributed by atoms with Gasteiger partial charge in [0, 0.05) is 18.5 Å². The summed E-state index contributed by atoms with van der Waals surface area (Å²) >= 11 is 0. The van der Waals surface area contributed by atoms with Gasteiger partial charge in [-0.3, -0.25) is 0 Å². The minimum atomic E-state index is -0.574. The Morgan fingerprint density at radius 2 is 1.78 bits per heavy atom. The lowest BCUT2D eigenvalue weighted by molar-refractivity contribution is 0.554. The van der Waals surface area contributed by atoms with E-state index in [1.807, 2.05) is 6.92 Å². The Hall–Kier alpha value is -1.82. The van der Waals surface area contributed by atoms with Crippen LogP contribution in [0.1, 0.15) is 24.1 Å². The lowest BCUT2D eigenvalue weighted by Crippen LogP contribution is -2.11. The summed E-state index contributed by atoms with van der Waals surface area (Å²) in [4.78, 5) is 0. The summed E-state index contributed by atoms with van der Waals surface area (Å²) < 4.78 is 28.8. The lowest BCUT2D eigenvalue weighted by atomic mass is 10.1. The van der Waals surface area contributed by atoms with Crippen LogP contribution in [0, 0.1) is 11.6 Å². The van der Waals surface area contributed by atoms with E-state index in [1.165, 1.54) is 18.2 Å². The fraction of sp³-hybridized carbons (Fsp3) is 0.333. The van der Waals surface area contributed by atoms with Crippen molar-refractivity contribution in [3.63, 3.8) is 0 Å². The van der Waals surface area contributed by atoms with E-state index in [1.54, 1.807) is 4.57 Å². The standard InChI is InChI=1S/C12H14F2N4/c1-2-18-11(16-17-12(18)7-15)6-8-9(13)4-3-5-10(8)14/h3-5H,2,6-7,15H2,1H3. The average Bonchev–Trinajstić information content (AvgIpc) is 2.75. The highest BCUT2D eigenvalue weighted by Gasteiger charge is 2.15. The van der Waals surface area contributed by atoms with Crippen LogP contribution >= 0.6 is 0 Å². The van der Waals surface area contributed by atoms with Crippen LogP contribution in [0.25, 0.3) is 0 Å². The molecule has 4 nitrogen and oxygen atoms in total. The molecule has 1 aromatic heterocycles. The highest BCUT2D eigenvalue weighted by atomic mass is 19.1. The van der Waals surface area contributed by atoms with Gasteiger partial charge in [0.05, 0.1) is 6.54 Å². The molecule has 0 aliphatic rings. The Balaban J connectivity index is 2.37. The fourth-order valence-electron chi connectivity index (χ4n) is 1.88. The Morgan fingerprint density at radius 1 is 1.17 bits per heavy atom. The van der Waals surface area contributed by atoms with Gasteiger partial charge in [-0.05, 0) is 19.1 Å². The number of hydrogen-bond donors (Lipinski definition) is 1. The zero-order valence-corrected chi connectivity index (χ0v) is 10.0. The number of halogens is 2. The van der Waals surface area contributed by atoms with Crippen molar-refractivity contribution in [2.24, 2.45) is 5.73 Å². The van der Waals surface area contributed by atoms with E-state index >= 15 is 0 Å². The smallest absolute Gasteiger partial charge is 0.146 e. The Kier molecular flexibility index (Phi) is 3.66. The molecule has 6 heteroatoms. The molecule has 18 heavy (non-hydrogen) atoms. The van der Waals surface area contributed by atoms with Crippen LogP contribution in [0.4, 0.5) is 8.78 Å². The van der Waals surface area contributed by atoms with Gasteiger partial charge in [0.1, 0.15) is 23.3 Å². The zero-order valence-electron chi connectivity index (χ0n) is 10.0. The van der Waals surface area contributed by atoms with Gasteiger partial charge in [0.15, 0.2) is 0 Å². The molecule has 0 spiro atoms. The molecule has 0 saturated heterocycles. The molecule has 0 radical (unpaired) electrons. The van der Waals surface area contributed by atoms with Gasteiger partial charge in [-0.15, -0.1) is 10.2 Å². The Bertz CT molecular complexity index is 531. The van der Waals surface area contributed by atoms with Crippen LogP contribution in [0.5, 0.6) is 0 Å². The van der Waals surface area contributed by atoms with Crippen molar-refractivity contribution in [1.29, 1.82) is 0 Å². The van der Waals surface area contributed by atoms with Crippen molar-refractivity contribution in [2.45, 2.75) is 26.4 Å². The third-order valence-corrected chi connectivity index (χ3v) is 2.80. The number of nitrogens with two attached hydrogens (primary N) is 1. The predicted molar refractivity (Wildman–Crippen MR) is 62.8 cm³/mol. The third-order valence-electron chi connectivity index (χ3n) is 2.80. The molecule has 0 atom stereocenters. The number of aromatic nitrogens is 3. The van der Waals surface area contributed by atoms with E-state index in [0.29, 0.717) is 18.2 Å². The number of hydrogen-bond acceptors (Lipinski definition) is 3. The first-order valence-corrected chi connectivity index (χ1v) is 5.71. The van der Waals surface area contributed by atoms with Gasteiger partial charge in [-0.1, -0.05) is 6.07 Å². The second-order valence-electron chi connectivity index (χ2n) is 3.86. The molecule has 1 heterocycles. The van der Waals surface area contributed by atoms with E-state index in [9.17, 15) is 8.78 Å². The van der Waals surface area contributed by atoms with Crippen molar-refractivity contribution >= 4 is 0 Å². The van der Waals surface area contributed by atoms with E-state index in [2.05, 4.69) is 10.2 Å². The second kappa shape index (κ2) is 5.22. The third kappa shape index (κ3) is 2.24. The lowest BCUT2D eigenvalue weighted by Gasteiger charge is -2.07. The molecule has 0 fully saturated rings. The summed E-state index contributed by atoms with van der Waals surface area (Å²) in [5.74, 6) is -0.0175. The highest BCUT2D eigenvalue weighted by Crippen LogP contribution is 2.16. The van der Waals surface area contributed by atoms with Crippen molar-refractivity contribution < 1.29 is 8.78 Å². The van der Waals surface area contributed by atoms with Crippen LogP contribution in [0.3, 0.4) is 0 Å². The topological polar surface area (TPSA) is 56.7 Å². The minimum absolute atomic E-state index is 0.00294. The van der Waals surface area contributed by atoms with Gasteiger partial charge >= 0.3 is 0 Å². The Labute approximate surface area is 103 Å². The summed E-state index contributed by atoms with van der Waals surface area (Å²) in [5, 5.41) is 7.84. The van der Waals surface area contributed by atoms with Crippen molar-refractivity contribution in [1.82, 2.24) is 14.8 Å². The number of benzene rings is 1. The summed E-state index contributed by atoms with van der Waals surface area (Å²) in [6, 6.07) is 3.80. The quantitative estimate of drug-likeness (QED) is 0.899. The van der Waals surface area contributed by atoms with Gasteiger partial charge in [0.25, 0.3) is 0 Å². The monoisotopic (exact) mass is 252 g/mol. The normalized spacial score (nSPS) is 10.9. The van der Waals surface area contributed by atoms with Crippen molar-refractivity contribution in [3.05, 3.63) is 47.0 Å². The maximum atomic E-state index is 13.5. The summed E-state index contributed by atoms with van der Waals surface area (Å²) in [7, 11) is 0. The van der Waals surface area contributed by atoms with Crippen LogP contribution < -0.4 is 5.73 Å². The SMILES string of the molecule is CCn1c(CN)nnc1Cc1c(F)cccc1F. The van der Waals surface area contributed by atoms with Gasteiger partial charge in [-0.25, -0.2) is 8.78 Å². The van der Waals surface area contributed by atoms with Crippen LogP contribution in [-0.4, -0.2) is 14.8 Å². The average molecular weight is 252 g/mol. The second-order valence-corrected chi connectivity index (χ2v) is 3.86. The molecule has 1 aromatic carbocycles. The highest BCUT2D eigenvalue weighted by molar-refractivity contribution is 5.23. The van der Waals surface area contributed by atoms with E-state index < -0.39 is 11.6 Å². The molecule has 2 aromatic rings. The predicted octanol–water partition coefficient (Wildman–Crippen LogP) is 1.63. The molecular formula is C12H14F2N4. The molecular weight excluding hydrogens is 238 g/mol. The number of rotatable bonds is 4. The molecule has 2 rings (SSSR count). The zero-order chi connectivity index (χ0) is 13.1. The first kappa shape index (κ1) is 12.6. The Morgan fingerprint density at radius 3 is 2.33 bits per heavy atom. The van der Waals surface area contributed by atoms with E-state index in [4.69, 9.17) is 5.73 Å². The van der Waals surface area contributed by atoms with E-state index in [0.717, 1.165) is 0 Å². The van der Waals surface area contributed by atoms with Crippen molar-refractivity contribution in [2.75, 3.05) is 0 Å². The summed E-state index contributed by atoms with van der Waals surface area (Å²) in [6.07, 6.45) is 0.0688. The summed E-state index contributed by atoms with van der Waals surface area (Å²) in [6.45, 7) is 2.77. The van der Waals surface area contributed by atoms with Gasteiger partial charge < -0.3 is 10.3 Å². The van der Waals surface area contributed by atoms with Crippen LogP contribution in [0.2, 0.25) is 0 Å². The number of nitrogens with zero attached hydrogens (tertiary/aromatic N) is 3.